The lowest BCUT2D eigenvalue weighted by Crippen LogP contribution is -2.15. The van der Waals surface area contributed by atoms with Gasteiger partial charge in [0.2, 0.25) is 0 Å². The number of aryl methyl sites for hydroxylation is 1. The molecule has 0 aliphatic carbocycles. The van der Waals surface area contributed by atoms with E-state index in [4.69, 9.17) is 16.7 Å². The Balaban J connectivity index is 2.82. The maximum Gasteiger partial charge on any atom is 0.0684 e. The van der Waals surface area contributed by atoms with E-state index in [0.717, 1.165) is 20.7 Å². The molecule has 14 heavy (non-hydrogen) atoms. The van der Waals surface area contributed by atoms with Crippen molar-refractivity contribution in [2.75, 3.05) is 11.9 Å². The van der Waals surface area contributed by atoms with Crippen LogP contribution in [0.25, 0.3) is 0 Å². The van der Waals surface area contributed by atoms with Crippen LogP contribution in [-0.2, 0) is 0 Å². The van der Waals surface area contributed by atoms with Gasteiger partial charge in [0, 0.05) is 16.0 Å². The SMILES string of the molecule is Cc1cc(Br)c(NC[C@H](C)O)cc1Cl. The summed E-state index contributed by atoms with van der Waals surface area (Å²) in [5, 5.41) is 12.9. The quantitative estimate of drug-likeness (QED) is 0.890. The number of halogens is 2. The first-order valence-corrected chi connectivity index (χ1v) is 5.55. The molecule has 0 unspecified atom stereocenters. The van der Waals surface area contributed by atoms with Crippen LogP contribution in [0.1, 0.15) is 12.5 Å². The van der Waals surface area contributed by atoms with Gasteiger partial charge in [0.1, 0.15) is 0 Å². The lowest BCUT2D eigenvalue weighted by Gasteiger charge is -2.11. The number of aliphatic hydroxyl groups excluding tert-OH is 1. The average molecular weight is 279 g/mol. The van der Waals surface area contributed by atoms with Crippen molar-refractivity contribution in [3.05, 3.63) is 27.2 Å². The second-order valence-electron chi connectivity index (χ2n) is 3.31. The van der Waals surface area contributed by atoms with E-state index in [9.17, 15) is 0 Å². The molecule has 0 saturated heterocycles. The van der Waals surface area contributed by atoms with E-state index in [1.807, 2.05) is 19.1 Å². The molecule has 0 radical (unpaired) electrons. The van der Waals surface area contributed by atoms with Crippen molar-refractivity contribution in [3.63, 3.8) is 0 Å². The summed E-state index contributed by atoms with van der Waals surface area (Å²) in [6.07, 6.45) is -0.373. The topological polar surface area (TPSA) is 32.3 Å². The zero-order chi connectivity index (χ0) is 10.7. The zero-order valence-corrected chi connectivity index (χ0v) is 10.5. The molecule has 0 bridgehead atoms. The number of nitrogens with one attached hydrogen (secondary N) is 1. The van der Waals surface area contributed by atoms with Crippen molar-refractivity contribution in [2.24, 2.45) is 0 Å². The molecule has 0 heterocycles. The third kappa shape index (κ3) is 3.15. The molecule has 0 fully saturated rings. The number of anilines is 1. The van der Waals surface area contributed by atoms with Crippen LogP contribution in [0.2, 0.25) is 5.02 Å². The van der Waals surface area contributed by atoms with Gasteiger partial charge in [-0.05, 0) is 47.5 Å². The highest BCUT2D eigenvalue weighted by Gasteiger charge is 2.04. The Hall–Kier alpha value is -0.250. The average Bonchev–Trinajstić information content (AvgIpc) is 2.09. The first-order chi connectivity index (χ1) is 6.50. The Morgan fingerprint density at radius 2 is 2.21 bits per heavy atom. The molecule has 2 N–H and O–H groups in total. The maximum atomic E-state index is 9.12. The van der Waals surface area contributed by atoms with Gasteiger partial charge in [-0.25, -0.2) is 0 Å². The number of benzene rings is 1. The highest BCUT2D eigenvalue weighted by atomic mass is 79.9. The number of hydrogen-bond acceptors (Lipinski definition) is 2. The molecular formula is C10H13BrClNO. The van der Waals surface area contributed by atoms with Crippen LogP contribution in [-0.4, -0.2) is 17.8 Å². The molecule has 4 heteroatoms. The third-order valence-electron chi connectivity index (χ3n) is 1.84. The normalized spacial score (nSPS) is 12.6. The summed E-state index contributed by atoms with van der Waals surface area (Å²) in [5.41, 5.74) is 1.93. The van der Waals surface area contributed by atoms with Crippen molar-refractivity contribution < 1.29 is 5.11 Å². The minimum absolute atomic E-state index is 0.373. The van der Waals surface area contributed by atoms with E-state index >= 15 is 0 Å². The van der Waals surface area contributed by atoms with E-state index in [2.05, 4.69) is 21.2 Å². The molecule has 0 saturated carbocycles. The van der Waals surface area contributed by atoms with E-state index < -0.39 is 0 Å². The van der Waals surface area contributed by atoms with Gasteiger partial charge in [0.25, 0.3) is 0 Å². The summed E-state index contributed by atoms with van der Waals surface area (Å²) in [5.74, 6) is 0. The molecule has 78 valence electrons. The van der Waals surface area contributed by atoms with Gasteiger partial charge < -0.3 is 10.4 Å². The Bertz CT molecular complexity index is 328. The predicted octanol–water partition coefficient (Wildman–Crippen LogP) is 3.20. The van der Waals surface area contributed by atoms with Crippen LogP contribution in [0, 0.1) is 6.92 Å². The largest absolute Gasteiger partial charge is 0.392 e. The molecule has 0 aliphatic heterocycles. The van der Waals surface area contributed by atoms with E-state index in [0.29, 0.717) is 6.54 Å². The Labute approximate surface area is 97.4 Å². The highest BCUT2D eigenvalue weighted by molar-refractivity contribution is 9.10. The van der Waals surface area contributed by atoms with Crippen molar-refractivity contribution in [1.82, 2.24) is 0 Å². The highest BCUT2D eigenvalue weighted by Crippen LogP contribution is 2.28. The molecule has 2 nitrogen and oxygen atoms in total. The smallest absolute Gasteiger partial charge is 0.0684 e. The minimum atomic E-state index is -0.373. The summed E-state index contributed by atoms with van der Waals surface area (Å²) in [6, 6.07) is 3.80. The first-order valence-electron chi connectivity index (χ1n) is 4.38. The maximum absolute atomic E-state index is 9.12. The minimum Gasteiger partial charge on any atom is -0.392 e. The van der Waals surface area contributed by atoms with Crippen molar-refractivity contribution in [2.45, 2.75) is 20.0 Å². The molecule has 0 amide bonds. The molecular weight excluding hydrogens is 265 g/mol. The number of aliphatic hydroxyl groups is 1. The van der Waals surface area contributed by atoms with Crippen molar-refractivity contribution in [1.29, 1.82) is 0 Å². The van der Waals surface area contributed by atoms with Crippen LogP contribution in [0.15, 0.2) is 16.6 Å². The van der Waals surface area contributed by atoms with Crippen LogP contribution in [0.5, 0.6) is 0 Å². The van der Waals surface area contributed by atoms with Crippen LogP contribution in [0.4, 0.5) is 5.69 Å². The molecule has 1 rings (SSSR count). The van der Waals surface area contributed by atoms with Gasteiger partial charge >= 0.3 is 0 Å². The van der Waals surface area contributed by atoms with Crippen molar-refractivity contribution >= 4 is 33.2 Å². The van der Waals surface area contributed by atoms with Gasteiger partial charge in [-0.3, -0.25) is 0 Å². The molecule has 1 aromatic rings. The fourth-order valence-electron chi connectivity index (χ4n) is 1.04. The van der Waals surface area contributed by atoms with Gasteiger partial charge in [-0.2, -0.15) is 0 Å². The Kier molecular flexibility index (Phi) is 4.23. The molecule has 0 aliphatic rings. The summed E-state index contributed by atoms with van der Waals surface area (Å²) >= 11 is 9.41. The summed E-state index contributed by atoms with van der Waals surface area (Å²) in [6.45, 7) is 4.19. The monoisotopic (exact) mass is 277 g/mol. The molecule has 1 atom stereocenters. The molecule has 0 aromatic heterocycles. The van der Waals surface area contributed by atoms with Crippen LogP contribution in [0.3, 0.4) is 0 Å². The summed E-state index contributed by atoms with van der Waals surface area (Å²) in [4.78, 5) is 0. The zero-order valence-electron chi connectivity index (χ0n) is 8.14. The van der Waals surface area contributed by atoms with Gasteiger partial charge in [-0.15, -0.1) is 0 Å². The van der Waals surface area contributed by atoms with Gasteiger partial charge in [0.15, 0.2) is 0 Å². The van der Waals surface area contributed by atoms with Crippen LogP contribution < -0.4 is 5.32 Å². The standard InChI is InChI=1S/C10H13BrClNO/c1-6-3-8(11)10(4-9(6)12)13-5-7(2)14/h3-4,7,13-14H,5H2,1-2H3/t7-/m0/s1. The summed E-state index contributed by atoms with van der Waals surface area (Å²) in [7, 11) is 0. The third-order valence-corrected chi connectivity index (χ3v) is 2.90. The van der Waals surface area contributed by atoms with Gasteiger partial charge in [0.05, 0.1) is 11.8 Å². The summed E-state index contributed by atoms with van der Waals surface area (Å²) < 4.78 is 0.958. The Morgan fingerprint density at radius 1 is 1.57 bits per heavy atom. The second-order valence-corrected chi connectivity index (χ2v) is 4.57. The first kappa shape index (κ1) is 11.8. The lowest BCUT2D eigenvalue weighted by atomic mass is 10.2. The predicted molar refractivity (Wildman–Crippen MR) is 64.1 cm³/mol. The molecule has 0 spiro atoms. The van der Waals surface area contributed by atoms with E-state index in [1.165, 1.54) is 0 Å². The van der Waals surface area contributed by atoms with Crippen LogP contribution >= 0.6 is 27.5 Å². The van der Waals surface area contributed by atoms with E-state index in [1.54, 1.807) is 6.92 Å². The van der Waals surface area contributed by atoms with E-state index in [-0.39, 0.29) is 6.10 Å². The Morgan fingerprint density at radius 3 is 2.79 bits per heavy atom. The number of rotatable bonds is 3. The second kappa shape index (κ2) is 5.01. The lowest BCUT2D eigenvalue weighted by molar-refractivity contribution is 0.208. The fraction of sp³-hybridized carbons (Fsp3) is 0.400. The van der Waals surface area contributed by atoms with Gasteiger partial charge in [-0.1, -0.05) is 11.6 Å². The molecule has 1 aromatic carbocycles. The fourth-order valence-corrected chi connectivity index (χ4v) is 1.80. The van der Waals surface area contributed by atoms with Crippen molar-refractivity contribution in [3.8, 4) is 0 Å². The number of hydrogen-bond donors (Lipinski definition) is 2.